The molecule has 0 bridgehead atoms. The summed E-state index contributed by atoms with van der Waals surface area (Å²) in [5, 5.41) is 0. The minimum Gasteiger partial charge on any atom is -0.465 e. The van der Waals surface area contributed by atoms with E-state index >= 15 is 0 Å². The van der Waals surface area contributed by atoms with Crippen LogP contribution in [-0.4, -0.2) is 28.9 Å². The normalized spacial score (nSPS) is 23.1. The van der Waals surface area contributed by atoms with Gasteiger partial charge < -0.3 is 9.64 Å². The zero-order valence-corrected chi connectivity index (χ0v) is 13.5. The van der Waals surface area contributed by atoms with Crippen LogP contribution in [0.25, 0.3) is 0 Å². The molecule has 118 valence electrons. The Morgan fingerprint density at radius 3 is 2.82 bits per heavy atom. The number of hydrogen-bond acceptors (Lipinski definition) is 3. The Morgan fingerprint density at radius 1 is 1.36 bits per heavy atom. The third kappa shape index (κ3) is 2.87. The van der Waals surface area contributed by atoms with Crippen molar-refractivity contribution >= 4 is 11.9 Å². The van der Waals surface area contributed by atoms with Crippen molar-refractivity contribution < 1.29 is 14.3 Å². The average molecular weight is 301 g/mol. The van der Waals surface area contributed by atoms with Gasteiger partial charge in [-0.3, -0.25) is 9.59 Å². The molecule has 1 amide bonds. The van der Waals surface area contributed by atoms with Gasteiger partial charge in [0.2, 0.25) is 5.91 Å². The molecule has 0 N–H and O–H groups in total. The van der Waals surface area contributed by atoms with Crippen molar-refractivity contribution in [2.75, 3.05) is 6.61 Å². The van der Waals surface area contributed by atoms with Crippen LogP contribution >= 0.6 is 0 Å². The van der Waals surface area contributed by atoms with Gasteiger partial charge in [0.15, 0.2) is 0 Å². The van der Waals surface area contributed by atoms with Gasteiger partial charge in [-0.2, -0.15) is 0 Å². The van der Waals surface area contributed by atoms with Crippen molar-refractivity contribution in [3.05, 3.63) is 34.9 Å². The van der Waals surface area contributed by atoms with E-state index in [9.17, 15) is 9.59 Å². The van der Waals surface area contributed by atoms with Crippen LogP contribution in [0.5, 0.6) is 0 Å². The summed E-state index contributed by atoms with van der Waals surface area (Å²) in [4.78, 5) is 25.9. The third-order valence-corrected chi connectivity index (χ3v) is 4.74. The fourth-order valence-electron chi connectivity index (χ4n) is 3.50. The lowest BCUT2D eigenvalue weighted by Crippen LogP contribution is -2.51. The van der Waals surface area contributed by atoms with Gasteiger partial charge in [0.05, 0.1) is 13.0 Å². The van der Waals surface area contributed by atoms with Crippen LogP contribution in [0.4, 0.5) is 0 Å². The molecule has 0 spiro atoms. The molecule has 0 aliphatic carbocycles. The molecule has 0 radical (unpaired) electrons. The van der Waals surface area contributed by atoms with Gasteiger partial charge in [-0.1, -0.05) is 23.8 Å². The first-order chi connectivity index (χ1) is 10.3. The Bertz CT molecular complexity index is 621. The molecular formula is C18H23NO3. The predicted molar refractivity (Wildman–Crippen MR) is 83.2 cm³/mol. The SMILES string of the molecule is Cc1ccc2c(c1)CN(C(=O)CC1COC(=O)C1)C(C)(C)C2. The van der Waals surface area contributed by atoms with E-state index in [2.05, 4.69) is 39.0 Å². The Hall–Kier alpha value is -1.84. The van der Waals surface area contributed by atoms with Crippen molar-refractivity contribution in [3.8, 4) is 0 Å². The second kappa shape index (κ2) is 5.41. The highest BCUT2D eigenvalue weighted by atomic mass is 16.5. The highest BCUT2D eigenvalue weighted by molar-refractivity contribution is 5.79. The lowest BCUT2D eigenvalue weighted by atomic mass is 9.84. The highest BCUT2D eigenvalue weighted by Gasteiger charge is 2.37. The highest BCUT2D eigenvalue weighted by Crippen LogP contribution is 2.32. The molecule has 1 unspecified atom stereocenters. The Labute approximate surface area is 131 Å². The minimum absolute atomic E-state index is 0.0368. The molecule has 1 aromatic carbocycles. The summed E-state index contributed by atoms with van der Waals surface area (Å²) in [7, 11) is 0. The summed E-state index contributed by atoms with van der Waals surface area (Å²) >= 11 is 0. The van der Waals surface area contributed by atoms with E-state index in [1.807, 2.05) is 4.90 Å². The molecule has 22 heavy (non-hydrogen) atoms. The second-order valence-corrected chi connectivity index (χ2v) is 7.20. The number of cyclic esters (lactones) is 1. The molecule has 1 atom stereocenters. The van der Waals surface area contributed by atoms with Gasteiger partial charge in [-0.25, -0.2) is 0 Å². The summed E-state index contributed by atoms with van der Waals surface area (Å²) in [6.07, 6.45) is 1.64. The van der Waals surface area contributed by atoms with Crippen LogP contribution in [0.1, 0.15) is 43.4 Å². The number of esters is 1. The van der Waals surface area contributed by atoms with Crippen LogP contribution in [0.15, 0.2) is 18.2 Å². The first-order valence-corrected chi connectivity index (χ1v) is 7.90. The number of carbonyl (C=O) groups excluding carboxylic acids is 2. The molecule has 0 aromatic heterocycles. The smallest absolute Gasteiger partial charge is 0.306 e. The lowest BCUT2D eigenvalue weighted by Gasteiger charge is -2.44. The molecule has 1 fully saturated rings. The van der Waals surface area contributed by atoms with Crippen LogP contribution in [0, 0.1) is 12.8 Å². The molecule has 4 nitrogen and oxygen atoms in total. The van der Waals surface area contributed by atoms with E-state index in [1.165, 1.54) is 16.7 Å². The molecular weight excluding hydrogens is 278 g/mol. The van der Waals surface area contributed by atoms with Crippen LogP contribution in [-0.2, 0) is 27.3 Å². The molecule has 4 heteroatoms. The molecule has 2 aliphatic heterocycles. The van der Waals surface area contributed by atoms with Crippen LogP contribution < -0.4 is 0 Å². The number of ether oxygens (including phenoxy) is 1. The fourth-order valence-corrected chi connectivity index (χ4v) is 3.50. The lowest BCUT2D eigenvalue weighted by molar-refractivity contribution is -0.139. The molecule has 0 saturated carbocycles. The average Bonchev–Trinajstić information content (AvgIpc) is 2.83. The Morgan fingerprint density at radius 2 is 2.14 bits per heavy atom. The summed E-state index contributed by atoms with van der Waals surface area (Å²) < 4.78 is 4.97. The standard InChI is InChI=1S/C18H23NO3/c1-12-4-5-14-9-18(2,3)19(10-15(14)6-12)16(20)7-13-8-17(21)22-11-13/h4-6,13H,7-11H2,1-3H3. The zero-order chi connectivity index (χ0) is 15.9. The number of aryl methyl sites for hydroxylation is 1. The predicted octanol–water partition coefficient (Wildman–Crippen LogP) is 2.61. The molecule has 2 heterocycles. The van der Waals surface area contributed by atoms with E-state index in [4.69, 9.17) is 4.74 Å². The maximum absolute atomic E-state index is 12.7. The van der Waals surface area contributed by atoms with Crippen LogP contribution in [0.2, 0.25) is 0 Å². The van der Waals surface area contributed by atoms with Gasteiger partial charge in [0, 0.05) is 24.4 Å². The maximum Gasteiger partial charge on any atom is 0.306 e. The maximum atomic E-state index is 12.7. The number of amides is 1. The summed E-state index contributed by atoms with van der Waals surface area (Å²) in [6.45, 7) is 7.35. The van der Waals surface area contributed by atoms with Crippen molar-refractivity contribution in [1.82, 2.24) is 4.90 Å². The number of benzene rings is 1. The van der Waals surface area contributed by atoms with Crippen molar-refractivity contribution in [2.45, 2.75) is 52.1 Å². The zero-order valence-electron chi connectivity index (χ0n) is 13.5. The second-order valence-electron chi connectivity index (χ2n) is 7.20. The van der Waals surface area contributed by atoms with E-state index in [-0.39, 0.29) is 23.3 Å². The number of rotatable bonds is 2. The fraction of sp³-hybridized carbons (Fsp3) is 0.556. The van der Waals surface area contributed by atoms with Gasteiger partial charge >= 0.3 is 5.97 Å². The third-order valence-electron chi connectivity index (χ3n) is 4.74. The van der Waals surface area contributed by atoms with E-state index in [0.29, 0.717) is 26.0 Å². The largest absolute Gasteiger partial charge is 0.465 e. The Balaban J connectivity index is 1.77. The summed E-state index contributed by atoms with van der Waals surface area (Å²) in [5.74, 6) is -0.0214. The first kappa shape index (κ1) is 15.1. The van der Waals surface area contributed by atoms with Gasteiger partial charge in [-0.15, -0.1) is 0 Å². The molecule has 1 saturated heterocycles. The first-order valence-electron chi connectivity index (χ1n) is 7.90. The summed E-state index contributed by atoms with van der Waals surface area (Å²) in [5.41, 5.74) is 3.61. The minimum atomic E-state index is -0.192. The van der Waals surface area contributed by atoms with Crippen molar-refractivity contribution in [1.29, 1.82) is 0 Å². The monoisotopic (exact) mass is 301 g/mol. The molecule has 2 aliphatic rings. The number of nitrogens with zero attached hydrogens (tertiary/aromatic N) is 1. The number of hydrogen-bond donors (Lipinski definition) is 0. The Kier molecular flexibility index (Phi) is 3.71. The molecule has 3 rings (SSSR count). The van der Waals surface area contributed by atoms with Gasteiger partial charge in [0.1, 0.15) is 0 Å². The van der Waals surface area contributed by atoms with E-state index in [0.717, 1.165) is 6.42 Å². The summed E-state index contributed by atoms with van der Waals surface area (Å²) in [6, 6.07) is 6.48. The van der Waals surface area contributed by atoms with Crippen LogP contribution in [0.3, 0.4) is 0 Å². The van der Waals surface area contributed by atoms with E-state index < -0.39 is 0 Å². The number of fused-ring (bicyclic) bond motifs is 1. The van der Waals surface area contributed by atoms with Gasteiger partial charge in [-0.05, 0) is 38.3 Å². The van der Waals surface area contributed by atoms with E-state index in [1.54, 1.807) is 0 Å². The quantitative estimate of drug-likeness (QED) is 0.789. The topological polar surface area (TPSA) is 46.6 Å². The molecule has 1 aromatic rings. The number of carbonyl (C=O) groups is 2. The van der Waals surface area contributed by atoms with Crippen molar-refractivity contribution in [2.24, 2.45) is 5.92 Å². The van der Waals surface area contributed by atoms with Gasteiger partial charge in [0.25, 0.3) is 0 Å². The van der Waals surface area contributed by atoms with Crippen molar-refractivity contribution in [3.63, 3.8) is 0 Å².